The van der Waals surface area contributed by atoms with Gasteiger partial charge in [0, 0.05) is 25.8 Å². The van der Waals surface area contributed by atoms with Crippen LogP contribution in [0.3, 0.4) is 0 Å². The molecule has 3 rings (SSSR count). The van der Waals surface area contributed by atoms with Crippen LogP contribution >= 0.6 is 15.6 Å². The van der Waals surface area contributed by atoms with Gasteiger partial charge in [0.1, 0.15) is 48.5 Å². The molecular formula is C24H41N3O19P2. The average molecular weight is 738 g/mol. The van der Waals surface area contributed by atoms with Crippen molar-refractivity contribution in [2.45, 2.75) is 61.6 Å². The molecule has 22 nitrogen and oxygen atoms in total. The van der Waals surface area contributed by atoms with E-state index in [1.54, 1.807) is 0 Å². The standard InChI is InChI=1S/C24H41N3O19P2/c1-13-25-16(29)3-5-27(13)23-22(34)20(32)15(43-23)12-42-47(35,36)46-48(37,38)45-24-18(21(33)19(31)14(11-28)44-24)26-17(30)4-6-40-9-10-41-8-7-39-2/h3,5,14-15,18-24,28,31-34H,1,4,6-12H2,2H3,(H,25,29)(H,26,30)(H,35,36)(H,37,38)/t14?,15?,18-,19+,20?,21?,22?,23?,24+/m1/s1. The van der Waals surface area contributed by atoms with Gasteiger partial charge in [-0.1, -0.05) is 6.58 Å². The zero-order valence-electron chi connectivity index (χ0n) is 25.6. The summed E-state index contributed by atoms with van der Waals surface area (Å²) in [5.74, 6) is -1.31. The molecule has 2 fully saturated rings. The third-order valence-corrected chi connectivity index (χ3v) is 9.51. The van der Waals surface area contributed by atoms with E-state index < -0.39 is 95.9 Å². The quantitative estimate of drug-likeness (QED) is 0.0452. The fourth-order valence-electron chi connectivity index (χ4n) is 4.51. The number of phosphoric acid groups is 2. The average Bonchev–Trinajstić information content (AvgIpc) is 3.29. The Kier molecular flexibility index (Phi) is 15.5. The minimum absolute atomic E-state index is 0.0109. The van der Waals surface area contributed by atoms with Crippen molar-refractivity contribution in [2.75, 3.05) is 53.4 Å². The Labute approximate surface area is 273 Å². The van der Waals surface area contributed by atoms with E-state index in [4.69, 9.17) is 28.2 Å². The Morgan fingerprint density at radius 2 is 1.62 bits per heavy atom. The summed E-state index contributed by atoms with van der Waals surface area (Å²) in [6.07, 6.45) is -11.6. The molecule has 3 heterocycles. The third kappa shape index (κ3) is 11.6. The third-order valence-electron chi connectivity index (χ3n) is 6.91. The van der Waals surface area contributed by atoms with Crippen LogP contribution in [0.25, 0.3) is 0 Å². The van der Waals surface area contributed by atoms with Gasteiger partial charge in [0.15, 0.2) is 12.5 Å². The lowest BCUT2D eigenvalue weighted by Crippen LogP contribution is -2.64. The van der Waals surface area contributed by atoms with Gasteiger partial charge >= 0.3 is 15.6 Å². The molecule has 3 aliphatic heterocycles. The Morgan fingerprint density at radius 1 is 0.979 bits per heavy atom. The van der Waals surface area contributed by atoms with E-state index in [1.165, 1.54) is 13.3 Å². The molecule has 0 bridgehead atoms. The number of carbonyl (C=O) groups is 2. The number of nitrogens with one attached hydrogen (secondary N) is 2. The van der Waals surface area contributed by atoms with Crippen LogP contribution in [0.4, 0.5) is 0 Å². The van der Waals surface area contributed by atoms with E-state index in [1.807, 2.05) is 0 Å². The molecule has 276 valence electrons. The largest absolute Gasteiger partial charge is 0.483 e. The number of methoxy groups -OCH3 is 1. The normalized spacial score (nSPS) is 33.2. The lowest BCUT2D eigenvalue weighted by Gasteiger charge is -2.42. The van der Waals surface area contributed by atoms with Gasteiger partial charge in [0.05, 0.1) is 46.2 Å². The first kappa shape index (κ1) is 40.5. The Hall–Kier alpha value is -1.92. The van der Waals surface area contributed by atoms with Crippen molar-refractivity contribution >= 4 is 27.5 Å². The Balaban J connectivity index is 1.56. The van der Waals surface area contributed by atoms with Crippen molar-refractivity contribution in [3.63, 3.8) is 0 Å². The van der Waals surface area contributed by atoms with E-state index in [0.29, 0.717) is 13.2 Å². The predicted molar refractivity (Wildman–Crippen MR) is 155 cm³/mol. The second-order valence-electron chi connectivity index (χ2n) is 10.4. The zero-order chi connectivity index (χ0) is 35.6. The SMILES string of the molecule is C=C1NC(=O)C=CN1C1OC(COP(=O)(O)OP(=O)(O)O[C@@H]2OC(CO)[C@H](O)C(O)[C@H]2NC(=O)CCOCCOCCOC)C(O)C1O. The van der Waals surface area contributed by atoms with Gasteiger partial charge in [0.25, 0.3) is 5.91 Å². The summed E-state index contributed by atoms with van der Waals surface area (Å²) in [7, 11) is -9.70. The topological polar surface area (TPSA) is 311 Å². The van der Waals surface area contributed by atoms with Crippen LogP contribution in [0.5, 0.6) is 0 Å². The molecule has 0 spiro atoms. The minimum atomic E-state index is -5.68. The van der Waals surface area contributed by atoms with Gasteiger partial charge in [-0.3, -0.25) is 18.6 Å². The van der Waals surface area contributed by atoms with Crippen molar-refractivity contribution in [1.82, 2.24) is 15.5 Å². The highest BCUT2D eigenvalue weighted by Crippen LogP contribution is 2.61. The van der Waals surface area contributed by atoms with Crippen molar-refractivity contribution in [3.8, 4) is 0 Å². The molecular weight excluding hydrogens is 696 g/mol. The summed E-state index contributed by atoms with van der Waals surface area (Å²) < 4.78 is 65.1. The van der Waals surface area contributed by atoms with E-state index in [9.17, 15) is 54.0 Å². The van der Waals surface area contributed by atoms with Crippen molar-refractivity contribution in [3.05, 3.63) is 24.7 Å². The van der Waals surface area contributed by atoms with Crippen LogP contribution < -0.4 is 10.6 Å². The number of hydrogen-bond donors (Lipinski definition) is 9. The second-order valence-corrected chi connectivity index (χ2v) is 13.4. The van der Waals surface area contributed by atoms with Crippen LogP contribution in [0.15, 0.2) is 24.7 Å². The fourth-order valence-corrected chi connectivity index (χ4v) is 6.67. The molecule has 0 aromatic heterocycles. The van der Waals surface area contributed by atoms with Crippen LogP contribution in [0.2, 0.25) is 0 Å². The van der Waals surface area contributed by atoms with E-state index in [0.717, 1.165) is 11.0 Å². The highest BCUT2D eigenvalue weighted by atomic mass is 31.3. The first-order chi connectivity index (χ1) is 22.6. The maximum Gasteiger partial charge on any atom is 0.483 e. The van der Waals surface area contributed by atoms with Gasteiger partial charge in [0.2, 0.25) is 5.91 Å². The van der Waals surface area contributed by atoms with Gasteiger partial charge in [-0.2, -0.15) is 4.31 Å². The summed E-state index contributed by atoms with van der Waals surface area (Å²) >= 11 is 0. The highest BCUT2D eigenvalue weighted by Gasteiger charge is 2.51. The molecule has 24 heteroatoms. The van der Waals surface area contributed by atoms with Crippen LogP contribution in [-0.2, 0) is 55.8 Å². The van der Waals surface area contributed by atoms with Gasteiger partial charge < -0.3 is 74.5 Å². The molecule has 8 unspecified atom stereocenters. The second kappa shape index (κ2) is 18.4. The van der Waals surface area contributed by atoms with Crippen molar-refractivity contribution < 1.29 is 91.1 Å². The molecule has 0 radical (unpaired) electrons. The number of aliphatic hydroxyl groups excluding tert-OH is 5. The first-order valence-electron chi connectivity index (χ1n) is 14.3. The van der Waals surface area contributed by atoms with Gasteiger partial charge in [-0.05, 0) is 0 Å². The monoisotopic (exact) mass is 737 g/mol. The van der Waals surface area contributed by atoms with E-state index in [2.05, 4.69) is 26.0 Å². The lowest BCUT2D eigenvalue weighted by molar-refractivity contribution is -0.248. The molecule has 0 aromatic rings. The van der Waals surface area contributed by atoms with Gasteiger partial charge in [-0.15, -0.1) is 0 Å². The Morgan fingerprint density at radius 3 is 2.27 bits per heavy atom. The molecule has 9 N–H and O–H groups in total. The Bertz CT molecular complexity index is 1230. The maximum absolute atomic E-state index is 12.8. The van der Waals surface area contributed by atoms with Crippen LogP contribution in [-0.4, -0.2) is 161 Å². The molecule has 2 saturated heterocycles. The van der Waals surface area contributed by atoms with Crippen LogP contribution in [0, 0.1) is 0 Å². The summed E-state index contributed by atoms with van der Waals surface area (Å²) in [5, 5.41) is 55.7. The zero-order valence-corrected chi connectivity index (χ0v) is 27.4. The lowest BCUT2D eigenvalue weighted by atomic mass is 9.97. The number of hydrogen-bond acceptors (Lipinski definition) is 18. The summed E-state index contributed by atoms with van der Waals surface area (Å²) in [6.45, 7) is 2.68. The summed E-state index contributed by atoms with van der Waals surface area (Å²) in [5.41, 5.74) is 0. The molecule has 11 atom stereocenters. The fraction of sp³-hybridized carbons (Fsp3) is 0.750. The van der Waals surface area contributed by atoms with Crippen molar-refractivity contribution in [1.29, 1.82) is 0 Å². The minimum Gasteiger partial charge on any atom is -0.394 e. The number of amides is 2. The summed E-state index contributed by atoms with van der Waals surface area (Å²) in [4.78, 5) is 45.5. The van der Waals surface area contributed by atoms with Crippen LogP contribution in [0.1, 0.15) is 6.42 Å². The van der Waals surface area contributed by atoms with Crippen molar-refractivity contribution in [2.24, 2.45) is 0 Å². The smallest absolute Gasteiger partial charge is 0.394 e. The molecule has 2 amide bonds. The van der Waals surface area contributed by atoms with E-state index in [-0.39, 0.29) is 32.1 Å². The molecule has 0 saturated carbocycles. The number of nitrogens with zero attached hydrogens (tertiary/aromatic N) is 1. The number of rotatable bonds is 19. The molecule has 0 aromatic carbocycles. The number of ether oxygens (including phenoxy) is 5. The summed E-state index contributed by atoms with van der Waals surface area (Å²) in [6, 6.07) is -1.76. The molecule has 3 aliphatic rings. The number of aliphatic hydroxyl groups is 5. The predicted octanol–water partition coefficient (Wildman–Crippen LogP) is -3.91. The molecule has 48 heavy (non-hydrogen) atoms. The first-order valence-corrected chi connectivity index (χ1v) is 17.3. The highest BCUT2D eigenvalue weighted by molar-refractivity contribution is 7.61. The van der Waals surface area contributed by atoms with E-state index >= 15 is 0 Å². The number of phosphoric ester groups is 2. The van der Waals surface area contributed by atoms with Gasteiger partial charge in [-0.25, -0.2) is 9.13 Å². The number of carbonyl (C=O) groups excluding carboxylic acids is 2. The molecule has 0 aliphatic carbocycles. The maximum atomic E-state index is 12.8.